The van der Waals surface area contributed by atoms with Crippen molar-refractivity contribution in [3.05, 3.63) is 60.3 Å². The minimum Gasteiger partial charge on any atom is -0.493 e. The Kier molecular flexibility index (Phi) is 8.34. The smallest absolute Gasteiger partial charge is 0.161 e. The van der Waals surface area contributed by atoms with Gasteiger partial charge in [0.25, 0.3) is 0 Å². The van der Waals surface area contributed by atoms with Crippen LogP contribution in [0.15, 0.2) is 54.7 Å². The van der Waals surface area contributed by atoms with E-state index < -0.39 is 0 Å². The maximum absolute atomic E-state index is 12.8. The summed E-state index contributed by atoms with van der Waals surface area (Å²) in [7, 11) is 3.28. The molecule has 1 fully saturated rings. The third kappa shape index (κ3) is 6.25. The maximum Gasteiger partial charge on any atom is 0.161 e. The molecule has 1 atom stereocenters. The number of hydrogen-bond acceptors (Lipinski definition) is 6. The Morgan fingerprint density at radius 3 is 2.56 bits per heavy atom. The Morgan fingerprint density at radius 2 is 1.79 bits per heavy atom. The van der Waals surface area contributed by atoms with Crippen LogP contribution in [0, 0.1) is 5.92 Å². The number of ketones is 1. The van der Waals surface area contributed by atoms with Gasteiger partial charge >= 0.3 is 0 Å². The number of benzene rings is 2. The molecule has 1 aliphatic heterocycles. The number of ether oxygens (including phenoxy) is 4. The molecule has 0 radical (unpaired) electrons. The molecule has 6 heteroatoms. The number of hydrogen-bond donors (Lipinski definition) is 0. The van der Waals surface area contributed by atoms with Crippen LogP contribution in [0.1, 0.15) is 37.7 Å². The van der Waals surface area contributed by atoms with Crippen LogP contribution in [0.5, 0.6) is 23.0 Å². The second kappa shape index (κ2) is 11.8. The summed E-state index contributed by atoms with van der Waals surface area (Å²) in [4.78, 5) is 15.0. The van der Waals surface area contributed by atoms with Gasteiger partial charge < -0.3 is 23.8 Å². The summed E-state index contributed by atoms with van der Waals surface area (Å²) in [6, 6.07) is 13.7. The molecule has 0 saturated heterocycles. The molecule has 2 aromatic carbocycles. The first-order chi connectivity index (χ1) is 16.7. The molecule has 1 saturated carbocycles. The van der Waals surface area contributed by atoms with Crippen LogP contribution in [0.3, 0.4) is 0 Å². The lowest BCUT2D eigenvalue weighted by Crippen LogP contribution is -2.39. The Balaban J connectivity index is 1.43. The van der Waals surface area contributed by atoms with Gasteiger partial charge in [-0.05, 0) is 55.2 Å². The van der Waals surface area contributed by atoms with Gasteiger partial charge in [0.2, 0.25) is 0 Å². The SMILES string of the molecule is COc1ccc(CCN(/C=C/C(=O)C2CCCCC2)CC2COc3ccccc3O2)cc1OC. The van der Waals surface area contributed by atoms with Crippen LogP contribution < -0.4 is 18.9 Å². The zero-order chi connectivity index (χ0) is 23.8. The molecule has 0 amide bonds. The van der Waals surface area contributed by atoms with Crippen LogP contribution in [0.4, 0.5) is 0 Å². The summed E-state index contributed by atoms with van der Waals surface area (Å²) in [5.41, 5.74) is 1.14. The molecule has 0 aromatic heterocycles. The highest BCUT2D eigenvalue weighted by atomic mass is 16.6. The van der Waals surface area contributed by atoms with Gasteiger partial charge in [-0.25, -0.2) is 0 Å². The first kappa shape index (κ1) is 24.0. The van der Waals surface area contributed by atoms with Crippen molar-refractivity contribution < 1.29 is 23.7 Å². The predicted octanol–water partition coefficient (Wildman–Crippen LogP) is 5.05. The van der Waals surface area contributed by atoms with Crippen molar-refractivity contribution in [1.82, 2.24) is 4.90 Å². The lowest BCUT2D eigenvalue weighted by Gasteiger charge is -2.31. The number of nitrogens with zero attached hydrogens (tertiary/aromatic N) is 1. The van der Waals surface area contributed by atoms with E-state index in [1.165, 1.54) is 6.42 Å². The van der Waals surface area contributed by atoms with Crippen LogP contribution in [-0.2, 0) is 11.2 Å². The largest absolute Gasteiger partial charge is 0.493 e. The van der Waals surface area contributed by atoms with E-state index >= 15 is 0 Å². The summed E-state index contributed by atoms with van der Waals surface area (Å²) in [6.07, 6.45) is 9.95. The second-order valence-electron chi connectivity index (χ2n) is 8.98. The average molecular weight is 466 g/mol. The third-order valence-corrected chi connectivity index (χ3v) is 6.60. The molecule has 2 aliphatic rings. The van der Waals surface area contributed by atoms with Crippen molar-refractivity contribution in [2.45, 2.75) is 44.6 Å². The van der Waals surface area contributed by atoms with Crippen molar-refractivity contribution in [2.24, 2.45) is 5.92 Å². The third-order valence-electron chi connectivity index (χ3n) is 6.60. The molecule has 0 N–H and O–H groups in total. The number of methoxy groups -OCH3 is 2. The molecule has 1 aliphatic carbocycles. The van der Waals surface area contributed by atoms with Crippen LogP contribution in [0.25, 0.3) is 0 Å². The van der Waals surface area contributed by atoms with E-state index in [4.69, 9.17) is 18.9 Å². The molecule has 0 bridgehead atoms. The normalized spacial score (nSPS) is 18.0. The van der Waals surface area contributed by atoms with Crippen molar-refractivity contribution in [3.63, 3.8) is 0 Å². The molecular weight excluding hydrogens is 430 g/mol. The molecule has 182 valence electrons. The highest BCUT2D eigenvalue weighted by Crippen LogP contribution is 2.31. The number of carbonyl (C=O) groups is 1. The number of rotatable bonds is 10. The van der Waals surface area contributed by atoms with Gasteiger partial charge in [0, 0.05) is 18.7 Å². The fourth-order valence-electron chi connectivity index (χ4n) is 4.65. The molecule has 1 heterocycles. The number of allylic oxidation sites excluding steroid dienone is 1. The Morgan fingerprint density at radius 1 is 1.03 bits per heavy atom. The summed E-state index contributed by atoms with van der Waals surface area (Å²) in [6.45, 7) is 1.86. The lowest BCUT2D eigenvalue weighted by molar-refractivity contribution is -0.119. The van der Waals surface area contributed by atoms with Gasteiger partial charge in [-0.2, -0.15) is 0 Å². The number of para-hydroxylation sites is 2. The van der Waals surface area contributed by atoms with Gasteiger partial charge in [-0.3, -0.25) is 4.79 Å². The van der Waals surface area contributed by atoms with Crippen LogP contribution >= 0.6 is 0 Å². The Hall–Kier alpha value is -3.15. The molecule has 6 nitrogen and oxygen atoms in total. The van der Waals surface area contributed by atoms with Crippen molar-refractivity contribution in [1.29, 1.82) is 0 Å². The molecule has 4 rings (SSSR count). The van der Waals surface area contributed by atoms with Crippen LogP contribution in [-0.4, -0.2) is 50.7 Å². The van der Waals surface area contributed by atoms with Crippen LogP contribution in [0.2, 0.25) is 0 Å². The molecular formula is C28H35NO5. The van der Waals surface area contributed by atoms with E-state index in [0.717, 1.165) is 61.5 Å². The number of fused-ring (bicyclic) bond motifs is 1. The first-order valence-electron chi connectivity index (χ1n) is 12.2. The fourth-order valence-corrected chi connectivity index (χ4v) is 4.65. The van der Waals surface area contributed by atoms with Gasteiger partial charge in [0.1, 0.15) is 6.61 Å². The topological polar surface area (TPSA) is 57.2 Å². The van der Waals surface area contributed by atoms with E-state index in [-0.39, 0.29) is 17.8 Å². The summed E-state index contributed by atoms with van der Waals surface area (Å²) in [5, 5.41) is 0. The molecule has 1 unspecified atom stereocenters. The minimum atomic E-state index is -0.116. The highest BCUT2D eigenvalue weighted by Gasteiger charge is 2.23. The van der Waals surface area contributed by atoms with Gasteiger partial charge in [0.15, 0.2) is 34.9 Å². The summed E-state index contributed by atoms with van der Waals surface area (Å²) < 4.78 is 22.9. The maximum atomic E-state index is 12.8. The van der Waals surface area contributed by atoms with Gasteiger partial charge in [0.05, 0.1) is 20.8 Å². The Labute approximate surface area is 202 Å². The van der Waals surface area contributed by atoms with Crippen molar-refractivity contribution in [2.75, 3.05) is 33.9 Å². The van der Waals surface area contributed by atoms with Crippen molar-refractivity contribution >= 4 is 5.78 Å². The summed E-state index contributed by atoms with van der Waals surface area (Å²) >= 11 is 0. The molecule has 34 heavy (non-hydrogen) atoms. The average Bonchev–Trinajstić information content (AvgIpc) is 2.90. The predicted molar refractivity (Wildman–Crippen MR) is 132 cm³/mol. The lowest BCUT2D eigenvalue weighted by atomic mass is 9.86. The standard InChI is InChI=1S/C28H35NO5/c1-31-25-13-12-21(18-28(25)32-2)14-16-29(17-15-24(30)22-8-4-3-5-9-22)19-23-20-33-26-10-6-7-11-27(26)34-23/h6-7,10-13,15,17-18,22-23H,3-5,8-9,14,16,19-20H2,1-2H3/b17-15+. The zero-order valence-corrected chi connectivity index (χ0v) is 20.2. The van der Waals surface area contributed by atoms with Gasteiger partial charge in [-0.15, -0.1) is 0 Å². The minimum absolute atomic E-state index is 0.116. The molecule has 2 aromatic rings. The summed E-state index contributed by atoms with van der Waals surface area (Å²) in [5.74, 6) is 3.38. The molecule has 0 spiro atoms. The van der Waals surface area contributed by atoms with E-state index in [1.807, 2.05) is 48.7 Å². The second-order valence-corrected chi connectivity index (χ2v) is 8.98. The van der Waals surface area contributed by atoms with E-state index in [2.05, 4.69) is 4.90 Å². The quantitative estimate of drug-likeness (QED) is 0.458. The monoisotopic (exact) mass is 465 g/mol. The van der Waals surface area contributed by atoms with E-state index in [0.29, 0.717) is 18.9 Å². The van der Waals surface area contributed by atoms with Gasteiger partial charge in [-0.1, -0.05) is 37.5 Å². The van der Waals surface area contributed by atoms with E-state index in [9.17, 15) is 4.79 Å². The number of carbonyl (C=O) groups excluding carboxylic acids is 1. The van der Waals surface area contributed by atoms with E-state index in [1.54, 1.807) is 20.3 Å². The Bertz CT molecular complexity index is 983. The fraction of sp³-hybridized carbons (Fsp3) is 0.464. The highest BCUT2D eigenvalue weighted by molar-refractivity contribution is 5.91. The van der Waals surface area contributed by atoms with Crippen molar-refractivity contribution in [3.8, 4) is 23.0 Å². The zero-order valence-electron chi connectivity index (χ0n) is 20.2. The first-order valence-corrected chi connectivity index (χ1v) is 12.2.